The smallest absolute Gasteiger partial charge is 0.0782 e. The Balaban J connectivity index is 2.28. The second-order valence-corrected chi connectivity index (χ2v) is 5.61. The van der Waals surface area contributed by atoms with Crippen LogP contribution in [-0.4, -0.2) is 0 Å². The summed E-state index contributed by atoms with van der Waals surface area (Å²) in [5.74, 6) is 0. The number of rotatable bonds is 3. The number of aryl methyl sites for hydroxylation is 1. The van der Waals surface area contributed by atoms with Gasteiger partial charge in [-0.3, -0.25) is 0 Å². The van der Waals surface area contributed by atoms with Gasteiger partial charge in [0.1, 0.15) is 0 Å². The first kappa shape index (κ1) is 14.5. The molecule has 0 aliphatic heterocycles. The van der Waals surface area contributed by atoms with Crippen molar-refractivity contribution in [2.24, 2.45) is 0 Å². The fraction of sp³-hybridized carbons (Fsp3) is 0.200. The van der Waals surface area contributed by atoms with Gasteiger partial charge in [0.2, 0.25) is 0 Å². The van der Waals surface area contributed by atoms with Crippen LogP contribution in [0.4, 0.5) is 5.69 Å². The summed E-state index contributed by atoms with van der Waals surface area (Å²) in [6, 6.07) is 11.8. The topological polar surface area (TPSA) is 12.0 Å². The van der Waals surface area contributed by atoms with Gasteiger partial charge in [0.25, 0.3) is 0 Å². The Hall–Kier alpha value is -0.890. The van der Waals surface area contributed by atoms with Gasteiger partial charge in [-0.25, -0.2) is 0 Å². The third-order valence-electron chi connectivity index (χ3n) is 3.05. The van der Waals surface area contributed by atoms with Crippen LogP contribution in [-0.2, 0) is 0 Å². The van der Waals surface area contributed by atoms with Crippen molar-refractivity contribution in [1.29, 1.82) is 0 Å². The van der Waals surface area contributed by atoms with Crippen LogP contribution in [0.25, 0.3) is 0 Å². The van der Waals surface area contributed by atoms with Crippen molar-refractivity contribution in [2.45, 2.75) is 19.9 Å². The number of para-hydroxylation sites is 1. The molecule has 2 aromatic rings. The standard InChI is InChI=1S/C15H14Cl3N/c1-9-5-3-4-6-13(9)19-10(2)11-7-8-12(16)15(18)14(11)17/h3-8,10,19H,1-2H3. The van der Waals surface area contributed by atoms with E-state index < -0.39 is 0 Å². The fourth-order valence-corrected chi connectivity index (χ4v) is 2.63. The van der Waals surface area contributed by atoms with Gasteiger partial charge in [0.15, 0.2) is 0 Å². The van der Waals surface area contributed by atoms with E-state index in [9.17, 15) is 0 Å². The van der Waals surface area contributed by atoms with E-state index in [1.165, 1.54) is 5.56 Å². The van der Waals surface area contributed by atoms with Crippen LogP contribution >= 0.6 is 34.8 Å². The summed E-state index contributed by atoms with van der Waals surface area (Å²) in [5.41, 5.74) is 3.20. The molecule has 19 heavy (non-hydrogen) atoms. The molecule has 1 N–H and O–H groups in total. The van der Waals surface area contributed by atoms with Crippen molar-refractivity contribution in [3.05, 3.63) is 62.6 Å². The molecule has 4 heteroatoms. The number of halogens is 3. The average molecular weight is 315 g/mol. The first-order valence-electron chi connectivity index (χ1n) is 5.96. The minimum Gasteiger partial charge on any atom is -0.378 e. The van der Waals surface area contributed by atoms with Crippen molar-refractivity contribution < 1.29 is 0 Å². The largest absolute Gasteiger partial charge is 0.378 e. The first-order chi connectivity index (χ1) is 9.00. The highest BCUT2D eigenvalue weighted by atomic mass is 35.5. The molecule has 0 bridgehead atoms. The Bertz CT molecular complexity index is 596. The van der Waals surface area contributed by atoms with Crippen LogP contribution in [0.2, 0.25) is 15.1 Å². The molecule has 0 amide bonds. The molecule has 100 valence electrons. The van der Waals surface area contributed by atoms with Crippen LogP contribution in [0.15, 0.2) is 36.4 Å². The lowest BCUT2D eigenvalue weighted by Gasteiger charge is -2.19. The average Bonchev–Trinajstić information content (AvgIpc) is 2.39. The predicted molar refractivity (Wildman–Crippen MR) is 84.7 cm³/mol. The molecule has 0 radical (unpaired) electrons. The minimum atomic E-state index is 0.0448. The number of anilines is 1. The second kappa shape index (κ2) is 6.04. The SMILES string of the molecule is Cc1ccccc1NC(C)c1ccc(Cl)c(Cl)c1Cl. The molecule has 2 aromatic carbocycles. The molecule has 0 heterocycles. The van der Waals surface area contributed by atoms with Gasteiger partial charge in [-0.05, 0) is 37.1 Å². The van der Waals surface area contributed by atoms with E-state index in [0.29, 0.717) is 15.1 Å². The molecule has 0 aliphatic carbocycles. The molecule has 1 nitrogen and oxygen atoms in total. The molecule has 0 saturated heterocycles. The highest BCUT2D eigenvalue weighted by Crippen LogP contribution is 2.36. The lowest BCUT2D eigenvalue weighted by Crippen LogP contribution is -2.08. The summed E-state index contributed by atoms with van der Waals surface area (Å²) in [6.07, 6.45) is 0. The zero-order valence-electron chi connectivity index (χ0n) is 10.7. The van der Waals surface area contributed by atoms with Crippen LogP contribution in [0, 0.1) is 6.92 Å². The maximum absolute atomic E-state index is 6.24. The van der Waals surface area contributed by atoms with E-state index in [2.05, 4.69) is 18.3 Å². The maximum Gasteiger partial charge on any atom is 0.0782 e. The van der Waals surface area contributed by atoms with E-state index in [-0.39, 0.29) is 6.04 Å². The highest BCUT2D eigenvalue weighted by Gasteiger charge is 2.14. The maximum atomic E-state index is 6.24. The number of nitrogens with one attached hydrogen (secondary N) is 1. The summed E-state index contributed by atoms with van der Waals surface area (Å²) in [4.78, 5) is 0. The van der Waals surface area contributed by atoms with Gasteiger partial charge in [-0.15, -0.1) is 0 Å². The van der Waals surface area contributed by atoms with Gasteiger partial charge >= 0.3 is 0 Å². The van der Waals surface area contributed by atoms with Gasteiger partial charge in [0.05, 0.1) is 21.1 Å². The second-order valence-electron chi connectivity index (χ2n) is 4.45. The molecule has 0 fully saturated rings. The quantitative estimate of drug-likeness (QED) is 0.672. The van der Waals surface area contributed by atoms with Crippen molar-refractivity contribution >= 4 is 40.5 Å². The van der Waals surface area contributed by atoms with E-state index in [1.807, 2.05) is 31.2 Å². The summed E-state index contributed by atoms with van der Waals surface area (Å²) < 4.78 is 0. The Morgan fingerprint density at radius 3 is 2.32 bits per heavy atom. The molecule has 0 aliphatic rings. The number of benzene rings is 2. The zero-order chi connectivity index (χ0) is 14.0. The van der Waals surface area contributed by atoms with Crippen LogP contribution in [0.1, 0.15) is 24.1 Å². The van der Waals surface area contributed by atoms with E-state index >= 15 is 0 Å². The lowest BCUT2D eigenvalue weighted by molar-refractivity contribution is 0.883. The molecule has 0 aromatic heterocycles. The van der Waals surface area contributed by atoms with Crippen molar-refractivity contribution in [1.82, 2.24) is 0 Å². The molecule has 1 atom stereocenters. The third-order valence-corrected chi connectivity index (χ3v) is 4.36. The van der Waals surface area contributed by atoms with Crippen LogP contribution in [0.3, 0.4) is 0 Å². The van der Waals surface area contributed by atoms with Gasteiger partial charge < -0.3 is 5.32 Å². The fourth-order valence-electron chi connectivity index (χ4n) is 1.92. The number of hydrogen-bond acceptors (Lipinski definition) is 1. The van der Waals surface area contributed by atoms with E-state index in [0.717, 1.165) is 11.3 Å². The Morgan fingerprint density at radius 2 is 1.63 bits per heavy atom. The predicted octanol–water partition coefficient (Wildman–Crippen LogP) is 6.13. The third kappa shape index (κ3) is 3.17. The van der Waals surface area contributed by atoms with E-state index in [1.54, 1.807) is 6.07 Å². The summed E-state index contributed by atoms with van der Waals surface area (Å²) in [6.45, 7) is 4.10. The summed E-state index contributed by atoms with van der Waals surface area (Å²) in [7, 11) is 0. The lowest BCUT2D eigenvalue weighted by atomic mass is 10.1. The number of hydrogen-bond donors (Lipinski definition) is 1. The summed E-state index contributed by atoms with van der Waals surface area (Å²) >= 11 is 18.3. The van der Waals surface area contributed by atoms with Crippen LogP contribution in [0.5, 0.6) is 0 Å². The highest BCUT2D eigenvalue weighted by molar-refractivity contribution is 6.48. The van der Waals surface area contributed by atoms with Gasteiger partial charge in [0, 0.05) is 5.69 Å². The monoisotopic (exact) mass is 313 g/mol. The van der Waals surface area contributed by atoms with E-state index in [4.69, 9.17) is 34.8 Å². The van der Waals surface area contributed by atoms with Crippen molar-refractivity contribution in [2.75, 3.05) is 5.32 Å². The van der Waals surface area contributed by atoms with Crippen LogP contribution < -0.4 is 5.32 Å². The van der Waals surface area contributed by atoms with Crippen molar-refractivity contribution in [3.8, 4) is 0 Å². The normalized spacial score (nSPS) is 12.3. The molecule has 1 unspecified atom stereocenters. The first-order valence-corrected chi connectivity index (χ1v) is 7.09. The Kier molecular flexibility index (Phi) is 4.62. The Labute approximate surface area is 128 Å². The molecule has 2 rings (SSSR count). The molecule has 0 spiro atoms. The molecular weight excluding hydrogens is 301 g/mol. The van der Waals surface area contributed by atoms with Gasteiger partial charge in [-0.2, -0.15) is 0 Å². The minimum absolute atomic E-state index is 0.0448. The molecule has 0 saturated carbocycles. The van der Waals surface area contributed by atoms with Crippen molar-refractivity contribution in [3.63, 3.8) is 0 Å². The van der Waals surface area contributed by atoms with Gasteiger partial charge in [-0.1, -0.05) is 59.1 Å². The summed E-state index contributed by atoms with van der Waals surface area (Å²) in [5, 5.41) is 4.80. The molecular formula is C15H14Cl3N. The Morgan fingerprint density at radius 1 is 0.947 bits per heavy atom. The zero-order valence-corrected chi connectivity index (χ0v) is 12.9.